The predicted octanol–water partition coefficient (Wildman–Crippen LogP) is 5.39. The fourth-order valence-corrected chi connectivity index (χ4v) is 6.05. The van der Waals surface area contributed by atoms with Gasteiger partial charge in [0.2, 0.25) is 6.79 Å². The van der Waals surface area contributed by atoms with Gasteiger partial charge in [0.15, 0.2) is 36.1 Å². The third kappa shape index (κ3) is 9.75. The van der Waals surface area contributed by atoms with E-state index in [1.807, 2.05) is 60.7 Å². The number of esters is 2. The number of hydrogen-bond acceptors (Lipinski definition) is 11. The van der Waals surface area contributed by atoms with E-state index < -0.39 is 67.2 Å². The van der Waals surface area contributed by atoms with Crippen LogP contribution in [0.4, 0.5) is 10.5 Å². The van der Waals surface area contributed by atoms with Gasteiger partial charge < -0.3 is 38.3 Å². The van der Waals surface area contributed by atoms with Crippen LogP contribution in [0.2, 0.25) is 0 Å². The molecule has 0 unspecified atom stereocenters. The molecule has 3 aromatic carbocycles. The SMILES string of the molecule is C=CC[C@@H](Cc1ccccc1)C(=O)O[C@H]1[C@@H](OC(=O)Nc2ccc3c(c2)OCO3)[C@@H](CO)O[C@H](OC)[C@@H]1OC(=O)[C@@H](CC=C)Cc1ccccc1. The number of carbonyl (C=O) groups is 3. The first-order valence-corrected chi connectivity index (χ1v) is 16.7. The van der Waals surface area contributed by atoms with Crippen LogP contribution in [0, 0.1) is 11.8 Å². The smallest absolute Gasteiger partial charge is 0.412 e. The normalized spacial score (nSPS) is 21.8. The van der Waals surface area contributed by atoms with Gasteiger partial charge >= 0.3 is 18.0 Å². The molecule has 12 heteroatoms. The molecule has 270 valence electrons. The molecule has 2 N–H and O–H groups in total. The molecule has 0 spiro atoms. The first kappa shape index (κ1) is 37.1. The van der Waals surface area contributed by atoms with Crippen LogP contribution in [-0.4, -0.2) is 74.4 Å². The Morgan fingerprint density at radius 3 is 1.92 bits per heavy atom. The van der Waals surface area contributed by atoms with Crippen molar-refractivity contribution >= 4 is 23.7 Å². The Hall–Kier alpha value is -5.17. The molecule has 2 aliphatic heterocycles. The summed E-state index contributed by atoms with van der Waals surface area (Å²) < 4.78 is 40.3. The van der Waals surface area contributed by atoms with Crippen LogP contribution in [0.1, 0.15) is 24.0 Å². The topological polar surface area (TPSA) is 148 Å². The van der Waals surface area contributed by atoms with Gasteiger partial charge in [0.1, 0.15) is 6.10 Å². The number of ether oxygens (including phenoxy) is 7. The molecule has 5 rings (SSSR count). The monoisotopic (exact) mass is 701 g/mol. The molecule has 2 heterocycles. The Balaban J connectivity index is 1.44. The van der Waals surface area contributed by atoms with Crippen LogP contribution in [0.3, 0.4) is 0 Å². The molecule has 1 saturated heterocycles. The maximum atomic E-state index is 14.0. The third-order valence-corrected chi connectivity index (χ3v) is 8.59. The van der Waals surface area contributed by atoms with E-state index in [0.717, 1.165) is 11.1 Å². The van der Waals surface area contributed by atoms with Gasteiger partial charge in [-0.2, -0.15) is 0 Å². The van der Waals surface area contributed by atoms with Gasteiger partial charge in [0.05, 0.1) is 18.4 Å². The van der Waals surface area contributed by atoms with Gasteiger partial charge in [-0.3, -0.25) is 14.9 Å². The minimum absolute atomic E-state index is 0.0464. The summed E-state index contributed by atoms with van der Waals surface area (Å²) in [4.78, 5) is 41.2. The fourth-order valence-electron chi connectivity index (χ4n) is 6.05. The maximum Gasteiger partial charge on any atom is 0.412 e. The molecular weight excluding hydrogens is 658 g/mol. The third-order valence-electron chi connectivity index (χ3n) is 8.59. The number of anilines is 1. The minimum atomic E-state index is -1.45. The van der Waals surface area contributed by atoms with Crippen molar-refractivity contribution in [2.45, 2.75) is 56.4 Å². The van der Waals surface area contributed by atoms with Crippen LogP contribution >= 0.6 is 0 Å². The van der Waals surface area contributed by atoms with Gasteiger partial charge in [-0.25, -0.2) is 4.79 Å². The lowest BCUT2D eigenvalue weighted by Gasteiger charge is -2.44. The molecule has 0 aliphatic carbocycles. The van der Waals surface area contributed by atoms with Crippen LogP contribution in [0.25, 0.3) is 0 Å². The zero-order valence-electron chi connectivity index (χ0n) is 28.4. The summed E-state index contributed by atoms with van der Waals surface area (Å²) in [5, 5.41) is 13.0. The summed E-state index contributed by atoms with van der Waals surface area (Å²) in [5.74, 6) is -1.69. The van der Waals surface area contributed by atoms with Crippen molar-refractivity contribution in [1.82, 2.24) is 0 Å². The van der Waals surface area contributed by atoms with Crippen LogP contribution in [-0.2, 0) is 46.1 Å². The van der Waals surface area contributed by atoms with E-state index in [4.69, 9.17) is 33.2 Å². The Kier molecular flexibility index (Phi) is 13.2. The summed E-state index contributed by atoms with van der Waals surface area (Å²) in [6.45, 7) is 7.01. The fraction of sp³-hybridized carbons (Fsp3) is 0.359. The molecule has 7 atom stereocenters. The zero-order chi connectivity index (χ0) is 36.2. The Morgan fingerprint density at radius 2 is 1.37 bits per heavy atom. The van der Waals surface area contributed by atoms with Crippen molar-refractivity contribution in [3.05, 3.63) is 115 Å². The first-order chi connectivity index (χ1) is 24.8. The highest BCUT2D eigenvalue weighted by Crippen LogP contribution is 2.35. The standard InChI is InChI=1S/C39H43NO11/c1-4-12-27(20-25-14-8-6-9-15-25)36(42)49-34-33(51-39(44)40-29-18-19-30-31(22-29)47-24-46-30)32(23-41)48-38(45-3)35(34)50-37(43)28(13-5-2)21-26-16-10-7-11-17-26/h4-11,14-19,22,27-28,32-35,38,41H,1-2,12-13,20-21,23-24H2,3H3,(H,40,44)/t27-,28-,32+,33-,34-,35+,38-/m0/s1. The predicted molar refractivity (Wildman–Crippen MR) is 186 cm³/mol. The van der Waals surface area contributed by atoms with Crippen molar-refractivity contribution in [2.24, 2.45) is 11.8 Å². The van der Waals surface area contributed by atoms with Gasteiger partial charge in [-0.15, -0.1) is 13.2 Å². The first-order valence-electron chi connectivity index (χ1n) is 16.7. The Labute approximate surface area is 296 Å². The summed E-state index contributed by atoms with van der Waals surface area (Å²) in [6, 6.07) is 23.6. The number of rotatable bonds is 16. The lowest BCUT2D eigenvalue weighted by molar-refractivity contribution is -0.300. The Morgan fingerprint density at radius 1 is 0.804 bits per heavy atom. The maximum absolute atomic E-state index is 14.0. The number of methoxy groups -OCH3 is 1. The molecule has 0 saturated carbocycles. The van der Waals surface area contributed by atoms with Gasteiger partial charge in [-0.1, -0.05) is 72.8 Å². The molecule has 12 nitrogen and oxygen atoms in total. The number of allylic oxidation sites excluding steroid dienone is 2. The summed E-state index contributed by atoms with van der Waals surface area (Å²) >= 11 is 0. The van der Waals surface area contributed by atoms with Crippen molar-refractivity contribution < 1.29 is 52.6 Å². The molecule has 2 aliphatic rings. The molecule has 3 aromatic rings. The van der Waals surface area contributed by atoms with E-state index in [0.29, 0.717) is 36.4 Å². The molecule has 0 radical (unpaired) electrons. The number of benzene rings is 3. The second kappa shape index (κ2) is 18.2. The van der Waals surface area contributed by atoms with Gasteiger partial charge in [0, 0.05) is 18.9 Å². The van der Waals surface area contributed by atoms with Crippen molar-refractivity contribution in [1.29, 1.82) is 0 Å². The van der Waals surface area contributed by atoms with Crippen molar-refractivity contribution in [2.75, 3.05) is 25.8 Å². The molecule has 0 aromatic heterocycles. The lowest BCUT2D eigenvalue weighted by Crippen LogP contribution is -2.63. The lowest BCUT2D eigenvalue weighted by atomic mass is 9.94. The zero-order valence-corrected chi connectivity index (χ0v) is 28.4. The number of hydrogen-bond donors (Lipinski definition) is 2. The summed E-state index contributed by atoms with van der Waals surface area (Å²) in [6.07, 6.45) is -3.32. The van der Waals surface area contributed by atoms with E-state index in [2.05, 4.69) is 18.5 Å². The average Bonchev–Trinajstić information content (AvgIpc) is 3.61. The summed E-state index contributed by atoms with van der Waals surface area (Å²) in [7, 11) is 1.33. The van der Waals surface area contributed by atoms with Crippen molar-refractivity contribution in [3.8, 4) is 11.5 Å². The van der Waals surface area contributed by atoms with Crippen molar-refractivity contribution in [3.63, 3.8) is 0 Å². The van der Waals surface area contributed by atoms with E-state index in [1.165, 1.54) is 7.11 Å². The van der Waals surface area contributed by atoms with Gasteiger partial charge in [0.25, 0.3) is 0 Å². The van der Waals surface area contributed by atoms with Crippen LogP contribution in [0.5, 0.6) is 11.5 Å². The molecular formula is C39H43NO11. The number of carbonyl (C=O) groups excluding carboxylic acids is 3. The van der Waals surface area contributed by atoms with Crippen LogP contribution < -0.4 is 14.8 Å². The minimum Gasteiger partial charge on any atom is -0.454 e. The highest BCUT2D eigenvalue weighted by atomic mass is 16.7. The second-order valence-electron chi connectivity index (χ2n) is 12.1. The highest BCUT2D eigenvalue weighted by molar-refractivity contribution is 5.85. The molecule has 1 amide bonds. The number of aliphatic hydroxyl groups is 1. The quantitative estimate of drug-likeness (QED) is 0.113. The van der Waals surface area contributed by atoms with Gasteiger partial charge in [-0.05, 0) is 48.9 Å². The second-order valence-corrected chi connectivity index (χ2v) is 12.1. The van der Waals surface area contributed by atoms with E-state index in [-0.39, 0.29) is 13.2 Å². The van der Waals surface area contributed by atoms with E-state index in [1.54, 1.807) is 30.4 Å². The average molecular weight is 702 g/mol. The number of nitrogens with one attached hydrogen (secondary N) is 1. The largest absolute Gasteiger partial charge is 0.454 e. The number of amides is 1. The molecule has 51 heavy (non-hydrogen) atoms. The molecule has 1 fully saturated rings. The highest BCUT2D eigenvalue weighted by Gasteiger charge is 2.53. The van der Waals surface area contributed by atoms with E-state index in [9.17, 15) is 19.5 Å². The Bertz CT molecular complexity index is 1630. The number of fused-ring (bicyclic) bond motifs is 1. The number of aliphatic hydroxyl groups excluding tert-OH is 1. The molecule has 0 bridgehead atoms. The van der Waals surface area contributed by atoms with E-state index >= 15 is 0 Å². The van der Waals surface area contributed by atoms with Crippen LogP contribution in [0.15, 0.2) is 104 Å². The summed E-state index contributed by atoms with van der Waals surface area (Å²) in [5.41, 5.74) is 2.13.